The highest BCUT2D eigenvalue weighted by atomic mass is 16.5. The highest BCUT2D eigenvalue weighted by Crippen LogP contribution is 2.23. The number of nitrogens with zero attached hydrogens (tertiary/aromatic N) is 1. The molecule has 0 aliphatic rings. The monoisotopic (exact) mass is 342 g/mol. The maximum absolute atomic E-state index is 6.29. The van der Waals surface area contributed by atoms with E-state index >= 15 is 0 Å². The van der Waals surface area contributed by atoms with Gasteiger partial charge >= 0.3 is 0 Å². The van der Waals surface area contributed by atoms with Crippen LogP contribution in [0, 0.1) is 6.07 Å². The maximum atomic E-state index is 6.29. The summed E-state index contributed by atoms with van der Waals surface area (Å²) in [5.41, 5.74) is 10.7. The first-order chi connectivity index (χ1) is 12.8. The lowest BCUT2D eigenvalue weighted by molar-refractivity contribution is 0.287. The smallest absolute Gasteiger partial charge is 0.138 e. The molecule has 0 aliphatic carbocycles. The lowest BCUT2D eigenvalue weighted by Gasteiger charge is -2.13. The molecule has 0 fully saturated rings. The van der Waals surface area contributed by atoms with Crippen LogP contribution in [-0.2, 0) is 6.42 Å². The maximum Gasteiger partial charge on any atom is 0.138 e. The molecule has 4 aromatic rings. The molecule has 129 valence electrons. The third-order valence-corrected chi connectivity index (χ3v) is 4.39. The minimum Gasteiger partial charge on any atom is -0.490 e. The molecule has 1 atom stereocenters. The Morgan fingerprint density at radius 2 is 1.92 bits per heavy atom. The zero-order valence-corrected chi connectivity index (χ0v) is 14.4. The van der Waals surface area contributed by atoms with Crippen molar-refractivity contribution < 1.29 is 4.74 Å². The molecular weight excluding hydrogens is 322 g/mol. The lowest BCUT2D eigenvalue weighted by Crippen LogP contribution is -2.30. The number of para-hydroxylation sites is 1. The number of aromatic nitrogens is 2. The number of benzene rings is 2. The number of nitrogens with one attached hydrogen (secondary N) is 1. The number of ether oxygens (including phenoxy) is 1. The van der Waals surface area contributed by atoms with Crippen molar-refractivity contribution in [2.75, 3.05) is 6.61 Å². The first kappa shape index (κ1) is 16.4. The Labute approximate surface area is 152 Å². The standard InChI is InChI=1S/C22H20N3O/c23-19(10-18-13-25-22-9-5-4-8-21(18)22)15-26-20-11-17(12-24-14-20)16-6-2-1-3-7-16/h2-9,11-14,19,25H,10,15,23H2/t19-/m0/s1. The second kappa shape index (κ2) is 7.42. The fraction of sp³-hybridized carbons (Fsp3) is 0.136. The van der Waals surface area contributed by atoms with Gasteiger partial charge in [-0.1, -0.05) is 42.5 Å². The third kappa shape index (κ3) is 3.60. The molecule has 0 spiro atoms. The Kier molecular flexibility index (Phi) is 4.67. The van der Waals surface area contributed by atoms with Gasteiger partial charge in [0.1, 0.15) is 12.4 Å². The summed E-state index contributed by atoms with van der Waals surface area (Å²) in [6.07, 6.45) is 6.33. The molecule has 4 heteroatoms. The van der Waals surface area contributed by atoms with Gasteiger partial charge in [0.2, 0.25) is 0 Å². The molecule has 2 heterocycles. The molecule has 0 unspecified atom stereocenters. The number of rotatable bonds is 6. The minimum atomic E-state index is -0.0933. The second-order valence-electron chi connectivity index (χ2n) is 6.33. The van der Waals surface area contributed by atoms with Crippen LogP contribution in [0.3, 0.4) is 0 Å². The molecule has 4 nitrogen and oxygen atoms in total. The quantitative estimate of drug-likeness (QED) is 0.557. The summed E-state index contributed by atoms with van der Waals surface area (Å²) in [4.78, 5) is 7.56. The summed E-state index contributed by atoms with van der Waals surface area (Å²) >= 11 is 0. The summed E-state index contributed by atoms with van der Waals surface area (Å²) in [6.45, 7) is 0.438. The first-order valence-electron chi connectivity index (χ1n) is 8.64. The molecule has 0 saturated heterocycles. The van der Waals surface area contributed by atoms with Gasteiger partial charge in [-0.25, -0.2) is 0 Å². The third-order valence-electron chi connectivity index (χ3n) is 4.39. The minimum absolute atomic E-state index is 0.0933. The van der Waals surface area contributed by atoms with Crippen molar-refractivity contribution in [2.24, 2.45) is 5.73 Å². The Hall–Kier alpha value is -3.11. The lowest BCUT2D eigenvalue weighted by atomic mass is 10.1. The van der Waals surface area contributed by atoms with Crippen LogP contribution in [0.2, 0.25) is 0 Å². The number of pyridine rings is 1. The van der Waals surface area contributed by atoms with Crippen molar-refractivity contribution in [3.05, 3.63) is 84.8 Å². The van der Waals surface area contributed by atoms with Gasteiger partial charge in [-0.15, -0.1) is 0 Å². The van der Waals surface area contributed by atoms with E-state index in [0.717, 1.165) is 28.8 Å². The normalized spacial score (nSPS) is 12.2. The molecule has 2 aromatic heterocycles. The van der Waals surface area contributed by atoms with Gasteiger partial charge in [-0.05, 0) is 35.7 Å². The van der Waals surface area contributed by atoms with Crippen LogP contribution in [0.5, 0.6) is 5.75 Å². The van der Waals surface area contributed by atoms with E-state index < -0.39 is 0 Å². The highest BCUT2D eigenvalue weighted by Gasteiger charge is 2.10. The van der Waals surface area contributed by atoms with Crippen molar-refractivity contribution in [1.82, 2.24) is 9.97 Å². The summed E-state index contributed by atoms with van der Waals surface area (Å²) in [6, 6.07) is 20.9. The van der Waals surface area contributed by atoms with Crippen LogP contribution in [0.15, 0.2) is 73.2 Å². The molecule has 1 radical (unpaired) electrons. The van der Waals surface area contributed by atoms with Crippen LogP contribution in [-0.4, -0.2) is 22.6 Å². The van der Waals surface area contributed by atoms with Crippen molar-refractivity contribution in [2.45, 2.75) is 12.5 Å². The van der Waals surface area contributed by atoms with Gasteiger partial charge in [0.25, 0.3) is 0 Å². The number of nitrogens with two attached hydrogens (primary N) is 1. The van der Waals surface area contributed by atoms with Crippen LogP contribution in [0.25, 0.3) is 22.0 Å². The molecule has 2 aromatic carbocycles. The molecule has 0 bridgehead atoms. The van der Waals surface area contributed by atoms with Gasteiger partial charge in [-0.3, -0.25) is 4.98 Å². The fourth-order valence-corrected chi connectivity index (χ4v) is 3.08. The molecule has 0 aliphatic heterocycles. The number of hydrogen-bond acceptors (Lipinski definition) is 3. The highest BCUT2D eigenvalue weighted by molar-refractivity contribution is 5.83. The molecular formula is C22H20N3O. The summed E-state index contributed by atoms with van der Waals surface area (Å²) in [7, 11) is 0. The van der Waals surface area contributed by atoms with Crippen LogP contribution < -0.4 is 10.5 Å². The van der Waals surface area contributed by atoms with Gasteiger partial charge in [0.05, 0.1) is 6.20 Å². The van der Waals surface area contributed by atoms with E-state index in [2.05, 4.69) is 28.2 Å². The van der Waals surface area contributed by atoms with Crippen LogP contribution in [0.1, 0.15) is 5.56 Å². The van der Waals surface area contributed by atoms with Gasteiger partial charge in [0, 0.05) is 34.9 Å². The van der Waals surface area contributed by atoms with Crippen molar-refractivity contribution >= 4 is 10.9 Å². The molecule has 0 amide bonds. The summed E-state index contributed by atoms with van der Waals surface area (Å²) in [5, 5.41) is 1.22. The Bertz CT molecular complexity index is 994. The van der Waals surface area contributed by atoms with Crippen molar-refractivity contribution in [3.63, 3.8) is 0 Å². The number of aromatic amines is 1. The molecule has 0 saturated carbocycles. The van der Waals surface area contributed by atoms with E-state index in [-0.39, 0.29) is 6.04 Å². The van der Waals surface area contributed by atoms with Gasteiger partial charge < -0.3 is 15.5 Å². The molecule has 3 N–H and O–H groups in total. The number of H-pyrrole nitrogens is 1. The predicted octanol–water partition coefficient (Wildman–Crippen LogP) is 3.98. The van der Waals surface area contributed by atoms with Crippen LogP contribution in [0.4, 0.5) is 0 Å². The number of hydrogen-bond donors (Lipinski definition) is 2. The van der Waals surface area contributed by atoms with Crippen molar-refractivity contribution in [3.8, 4) is 16.9 Å². The zero-order chi connectivity index (χ0) is 17.8. The average Bonchev–Trinajstić information content (AvgIpc) is 3.10. The van der Waals surface area contributed by atoms with Crippen LogP contribution >= 0.6 is 0 Å². The predicted molar refractivity (Wildman–Crippen MR) is 104 cm³/mol. The topological polar surface area (TPSA) is 63.9 Å². The Morgan fingerprint density at radius 1 is 1.08 bits per heavy atom. The largest absolute Gasteiger partial charge is 0.490 e. The molecule has 26 heavy (non-hydrogen) atoms. The SMILES string of the molecule is N[C@H](COc1cncc(-c2cc[c]cc2)c1)Cc1c[nH]c2ccccc12. The average molecular weight is 342 g/mol. The van der Waals surface area contributed by atoms with Gasteiger partial charge in [0.15, 0.2) is 0 Å². The summed E-state index contributed by atoms with van der Waals surface area (Å²) in [5.74, 6) is 0.727. The van der Waals surface area contributed by atoms with E-state index in [1.165, 1.54) is 10.9 Å². The Morgan fingerprint density at radius 3 is 2.81 bits per heavy atom. The van der Waals surface area contributed by atoms with Crippen molar-refractivity contribution in [1.29, 1.82) is 0 Å². The van der Waals surface area contributed by atoms with Gasteiger partial charge in [-0.2, -0.15) is 0 Å². The fourth-order valence-electron chi connectivity index (χ4n) is 3.08. The first-order valence-corrected chi connectivity index (χ1v) is 8.64. The second-order valence-corrected chi connectivity index (χ2v) is 6.33. The number of fused-ring (bicyclic) bond motifs is 1. The summed E-state index contributed by atoms with van der Waals surface area (Å²) < 4.78 is 5.89. The van der Waals surface area contributed by atoms with E-state index in [1.807, 2.05) is 54.9 Å². The molecule has 4 rings (SSSR count). The zero-order valence-electron chi connectivity index (χ0n) is 14.4. The Balaban J connectivity index is 1.41. The van der Waals surface area contributed by atoms with E-state index in [4.69, 9.17) is 10.5 Å². The van der Waals surface area contributed by atoms with E-state index in [0.29, 0.717) is 6.61 Å². The van der Waals surface area contributed by atoms with E-state index in [9.17, 15) is 0 Å². The van der Waals surface area contributed by atoms with E-state index in [1.54, 1.807) is 6.20 Å².